The molecule has 0 amide bonds. The van der Waals surface area contributed by atoms with Gasteiger partial charge in [0.15, 0.2) is 0 Å². The number of benzene rings is 2. The second-order valence-electron chi connectivity index (χ2n) is 4.85. The first kappa shape index (κ1) is 22.2. The maximum Gasteiger partial charge on any atom is 1.00 e. The van der Waals surface area contributed by atoms with Crippen molar-refractivity contribution in [2.45, 2.75) is 6.61 Å². The molecule has 0 aliphatic rings. The summed E-state index contributed by atoms with van der Waals surface area (Å²) in [5.41, 5.74) is 1.33. The van der Waals surface area contributed by atoms with Crippen LogP contribution >= 0.6 is 0 Å². The number of azo groups is 1. The van der Waals surface area contributed by atoms with Gasteiger partial charge in [0, 0.05) is 23.4 Å². The second kappa shape index (κ2) is 9.71. The first-order chi connectivity index (χ1) is 11.8. The van der Waals surface area contributed by atoms with Gasteiger partial charge in [-0.05, 0) is 30.3 Å². The van der Waals surface area contributed by atoms with Crippen molar-refractivity contribution in [3.63, 3.8) is 0 Å². The van der Waals surface area contributed by atoms with Crippen molar-refractivity contribution in [3.8, 4) is 0 Å². The molecule has 2 aromatic rings. The molecule has 0 aliphatic carbocycles. The van der Waals surface area contributed by atoms with Gasteiger partial charge in [-0.3, -0.25) is 10.1 Å². The van der Waals surface area contributed by atoms with Gasteiger partial charge in [-0.1, -0.05) is 0 Å². The van der Waals surface area contributed by atoms with Crippen LogP contribution in [0.1, 0.15) is 5.56 Å². The van der Waals surface area contributed by atoms with Gasteiger partial charge in [-0.2, -0.15) is 10.2 Å². The van der Waals surface area contributed by atoms with Crippen LogP contribution in [0.2, 0.25) is 0 Å². The second-order valence-corrected chi connectivity index (χ2v) is 6.26. The van der Waals surface area contributed by atoms with Crippen LogP contribution in [0.25, 0.3) is 0 Å². The van der Waals surface area contributed by atoms with Crippen molar-refractivity contribution in [3.05, 3.63) is 58.1 Å². The summed E-state index contributed by atoms with van der Waals surface area (Å²) >= 11 is 0. The van der Waals surface area contributed by atoms with Crippen LogP contribution in [0.4, 0.5) is 22.7 Å². The minimum Gasteiger partial charge on any atom is -0.747 e. The van der Waals surface area contributed by atoms with Gasteiger partial charge in [0.25, 0.3) is 5.69 Å². The number of non-ortho nitro benzene ring substituents is 1. The molecule has 2 N–H and O–H groups in total. The monoisotopic (exact) mass is 388 g/mol. The molecule has 0 unspecified atom stereocenters. The SMILES string of the molecule is O=[N+]([O-])c1ccc(N=Nc2ccc(NCS(=O)(=O)[O-])cc2CO)cc1.[Na+]. The van der Waals surface area contributed by atoms with Crippen LogP contribution in [0, 0.1) is 10.1 Å². The molecule has 26 heavy (non-hydrogen) atoms. The van der Waals surface area contributed by atoms with E-state index in [9.17, 15) is 28.2 Å². The summed E-state index contributed by atoms with van der Waals surface area (Å²) in [6, 6.07) is 9.84. The fourth-order valence-corrected chi connectivity index (χ4v) is 2.19. The molecule has 0 heterocycles. The van der Waals surface area contributed by atoms with E-state index >= 15 is 0 Å². The van der Waals surface area contributed by atoms with Crippen molar-refractivity contribution < 1.29 is 52.6 Å². The Morgan fingerprint density at radius 3 is 2.31 bits per heavy atom. The van der Waals surface area contributed by atoms with Crippen LogP contribution < -0.4 is 34.9 Å². The van der Waals surface area contributed by atoms with Crippen molar-refractivity contribution in [2.24, 2.45) is 10.2 Å². The van der Waals surface area contributed by atoms with Crippen molar-refractivity contribution >= 4 is 32.9 Å². The third kappa shape index (κ3) is 6.78. The number of anilines is 1. The van der Waals surface area contributed by atoms with Crippen molar-refractivity contribution in [1.29, 1.82) is 0 Å². The minimum atomic E-state index is -4.42. The van der Waals surface area contributed by atoms with Crippen molar-refractivity contribution in [2.75, 3.05) is 11.2 Å². The van der Waals surface area contributed by atoms with E-state index in [2.05, 4.69) is 15.5 Å². The van der Waals surface area contributed by atoms with Gasteiger partial charge in [0.2, 0.25) is 0 Å². The molecule has 0 saturated carbocycles. The van der Waals surface area contributed by atoms with E-state index < -0.39 is 20.9 Å². The summed E-state index contributed by atoms with van der Waals surface area (Å²) in [5.74, 6) is -0.776. The quantitative estimate of drug-likeness (QED) is 0.211. The number of nitrogens with one attached hydrogen (secondary N) is 1. The summed E-state index contributed by atoms with van der Waals surface area (Å²) in [6.45, 7) is -0.381. The molecule has 2 aromatic carbocycles. The number of nitro groups is 1. The van der Waals surface area contributed by atoms with Gasteiger partial charge >= 0.3 is 29.6 Å². The zero-order chi connectivity index (χ0) is 18.4. The zero-order valence-corrected chi connectivity index (χ0v) is 16.5. The molecule has 0 aliphatic heterocycles. The Labute approximate surface area is 171 Å². The van der Waals surface area contributed by atoms with Gasteiger partial charge < -0.3 is 15.0 Å². The minimum absolute atomic E-state index is 0. The summed E-state index contributed by atoms with van der Waals surface area (Å²) in [4.78, 5) is 10.1. The van der Waals surface area contributed by atoms with E-state index in [1.54, 1.807) is 0 Å². The number of aliphatic hydroxyl groups excluding tert-OH is 1. The average molecular weight is 388 g/mol. The Morgan fingerprint density at radius 1 is 1.12 bits per heavy atom. The number of rotatable bonds is 7. The smallest absolute Gasteiger partial charge is 0.747 e. The molecule has 0 radical (unpaired) electrons. The Bertz CT molecular complexity index is 902. The number of hydrogen-bond donors (Lipinski definition) is 2. The van der Waals surface area contributed by atoms with E-state index in [1.165, 1.54) is 42.5 Å². The molecule has 2 rings (SSSR count). The first-order valence-corrected chi connectivity index (χ1v) is 8.43. The fraction of sp³-hybridized carbons (Fsp3) is 0.143. The maximum absolute atomic E-state index is 10.6. The molecular weight excluding hydrogens is 375 g/mol. The van der Waals surface area contributed by atoms with E-state index in [-0.39, 0.29) is 41.9 Å². The molecule has 132 valence electrons. The number of nitro benzene ring substituents is 1. The molecule has 12 heteroatoms. The molecule has 10 nitrogen and oxygen atoms in total. The molecule has 0 fully saturated rings. The van der Waals surface area contributed by atoms with Crippen LogP contribution in [0.5, 0.6) is 0 Å². The first-order valence-electron chi connectivity index (χ1n) is 6.86. The average Bonchev–Trinajstić information content (AvgIpc) is 2.58. The van der Waals surface area contributed by atoms with Gasteiger partial charge in [-0.25, -0.2) is 8.42 Å². The van der Waals surface area contributed by atoms with Gasteiger partial charge in [0.1, 0.15) is 16.0 Å². The predicted octanol–water partition coefficient (Wildman–Crippen LogP) is -0.579. The predicted molar refractivity (Wildman–Crippen MR) is 87.8 cm³/mol. The fourth-order valence-electron chi connectivity index (χ4n) is 1.84. The number of hydrogen-bond acceptors (Lipinski definition) is 9. The molecule has 0 aromatic heterocycles. The molecule has 0 saturated heterocycles. The summed E-state index contributed by atoms with van der Waals surface area (Å²) in [7, 11) is -4.42. The standard InChI is InChI=1S/C14H14N4O6S.Na/c19-8-10-7-12(15-9-25(22,23)24)3-6-14(10)17-16-11-1-4-13(5-2-11)18(20)21;/h1-7,15,19H,8-9H2,(H,22,23,24);/q;+1/p-1. The third-order valence-corrected chi connectivity index (χ3v) is 3.53. The summed E-state index contributed by atoms with van der Waals surface area (Å²) < 4.78 is 31.8. The number of aliphatic hydroxyl groups is 1. The van der Waals surface area contributed by atoms with Crippen LogP contribution in [-0.4, -0.2) is 28.9 Å². The largest absolute Gasteiger partial charge is 1.00 e. The molecular formula is C14H13N4NaO6S. The normalized spacial score (nSPS) is 11.2. The maximum atomic E-state index is 10.6. The molecule has 0 bridgehead atoms. The topological polar surface area (TPSA) is 157 Å². The van der Waals surface area contributed by atoms with Crippen LogP contribution in [-0.2, 0) is 16.7 Å². The van der Waals surface area contributed by atoms with E-state index in [4.69, 9.17) is 0 Å². The molecule has 0 spiro atoms. The number of nitrogens with zero attached hydrogens (tertiary/aromatic N) is 3. The summed E-state index contributed by atoms with van der Waals surface area (Å²) in [5, 5.41) is 30.3. The van der Waals surface area contributed by atoms with Crippen LogP contribution in [0.15, 0.2) is 52.7 Å². The van der Waals surface area contributed by atoms with Crippen LogP contribution in [0.3, 0.4) is 0 Å². The van der Waals surface area contributed by atoms with Crippen molar-refractivity contribution in [1.82, 2.24) is 0 Å². The third-order valence-electron chi connectivity index (χ3n) is 3.04. The Hall–Kier alpha value is -1.89. The Kier molecular flexibility index (Phi) is 8.27. The Balaban J connectivity index is 0.00000338. The van der Waals surface area contributed by atoms with E-state index in [0.29, 0.717) is 22.6 Å². The van der Waals surface area contributed by atoms with Gasteiger partial charge in [0.05, 0.1) is 22.9 Å². The van der Waals surface area contributed by atoms with E-state index in [0.717, 1.165) is 0 Å². The zero-order valence-electron chi connectivity index (χ0n) is 13.7. The molecule has 0 atom stereocenters. The van der Waals surface area contributed by atoms with E-state index in [1.807, 2.05) is 0 Å². The summed E-state index contributed by atoms with van der Waals surface area (Å²) in [6.07, 6.45) is 0. The Morgan fingerprint density at radius 2 is 1.77 bits per heavy atom. The van der Waals surface area contributed by atoms with Gasteiger partial charge in [-0.15, -0.1) is 0 Å².